The molecular weight excluding hydrogens is 415 g/mol. The molecule has 2 amide bonds. The Morgan fingerprint density at radius 1 is 0.897 bits per heavy atom. The lowest BCUT2D eigenvalue weighted by Gasteiger charge is -2.14. The quantitative estimate of drug-likeness (QED) is 0.305. The van der Waals surface area contributed by atoms with E-state index in [9.17, 15) is 14.4 Å². The number of carbonyl (C=O) groups is 3. The highest BCUT2D eigenvalue weighted by Gasteiger charge is 2.29. The Kier molecular flexibility index (Phi) is 6.74. The van der Waals surface area contributed by atoms with Gasteiger partial charge in [-0.1, -0.05) is 23.2 Å². The zero-order valence-corrected chi connectivity index (χ0v) is 16.7. The molecule has 0 unspecified atom stereocenters. The predicted octanol–water partition coefficient (Wildman–Crippen LogP) is 3.28. The van der Waals surface area contributed by atoms with E-state index >= 15 is 0 Å². The van der Waals surface area contributed by atoms with Crippen LogP contribution in [-0.2, 0) is 14.4 Å². The Labute approximate surface area is 177 Å². The molecule has 2 aromatic carbocycles. The van der Waals surface area contributed by atoms with Gasteiger partial charge in [-0.2, -0.15) is 0 Å². The van der Waals surface area contributed by atoms with Crippen molar-refractivity contribution in [1.29, 1.82) is 0 Å². The number of ketones is 1. The SMILES string of the molecule is O=C(CCC(Nc1ccc(Cl)cc1)=C1C(=O)CNC1=O)NNc1ccc(Cl)cc1. The highest BCUT2D eigenvalue weighted by atomic mass is 35.5. The molecule has 2 aromatic rings. The molecule has 0 bridgehead atoms. The average molecular weight is 433 g/mol. The van der Waals surface area contributed by atoms with Gasteiger partial charge in [-0.25, -0.2) is 0 Å². The van der Waals surface area contributed by atoms with Gasteiger partial charge in [0.1, 0.15) is 5.57 Å². The summed E-state index contributed by atoms with van der Waals surface area (Å²) in [5.41, 5.74) is 7.11. The summed E-state index contributed by atoms with van der Waals surface area (Å²) in [4.78, 5) is 36.4. The molecule has 1 aliphatic rings. The van der Waals surface area contributed by atoms with Crippen LogP contribution >= 0.6 is 23.2 Å². The molecule has 7 nitrogen and oxygen atoms in total. The minimum atomic E-state index is -0.453. The van der Waals surface area contributed by atoms with Crippen molar-refractivity contribution in [3.05, 3.63) is 69.8 Å². The van der Waals surface area contributed by atoms with Crippen LogP contribution in [0.5, 0.6) is 0 Å². The first-order valence-electron chi connectivity index (χ1n) is 8.80. The van der Waals surface area contributed by atoms with Gasteiger partial charge >= 0.3 is 0 Å². The zero-order chi connectivity index (χ0) is 20.8. The van der Waals surface area contributed by atoms with E-state index in [1.165, 1.54) is 0 Å². The number of nitrogens with one attached hydrogen (secondary N) is 4. The number of carbonyl (C=O) groups excluding carboxylic acids is 3. The van der Waals surface area contributed by atoms with Crippen molar-refractivity contribution in [3.63, 3.8) is 0 Å². The van der Waals surface area contributed by atoms with Crippen molar-refractivity contribution in [2.24, 2.45) is 0 Å². The summed E-state index contributed by atoms with van der Waals surface area (Å²) in [5.74, 6) is -1.07. The first-order valence-corrected chi connectivity index (χ1v) is 9.55. The maximum atomic E-state index is 12.2. The monoisotopic (exact) mass is 432 g/mol. The molecule has 0 aromatic heterocycles. The molecule has 9 heteroatoms. The van der Waals surface area contributed by atoms with Gasteiger partial charge in [-0.05, 0) is 55.0 Å². The third kappa shape index (κ3) is 5.73. The van der Waals surface area contributed by atoms with Gasteiger partial charge < -0.3 is 10.6 Å². The third-order valence-electron chi connectivity index (χ3n) is 4.15. The molecule has 29 heavy (non-hydrogen) atoms. The summed E-state index contributed by atoms with van der Waals surface area (Å²) in [7, 11) is 0. The van der Waals surface area contributed by atoms with Crippen molar-refractivity contribution >= 4 is 52.2 Å². The summed E-state index contributed by atoms with van der Waals surface area (Å²) in [5, 5.41) is 6.72. The lowest BCUT2D eigenvalue weighted by Crippen LogP contribution is -2.29. The first-order chi connectivity index (χ1) is 13.9. The van der Waals surface area contributed by atoms with Crippen LogP contribution in [0.15, 0.2) is 59.8 Å². The molecule has 1 aliphatic heterocycles. The number of halogens is 2. The van der Waals surface area contributed by atoms with Crippen LogP contribution in [0.4, 0.5) is 11.4 Å². The van der Waals surface area contributed by atoms with E-state index < -0.39 is 5.91 Å². The van der Waals surface area contributed by atoms with E-state index in [-0.39, 0.29) is 36.6 Å². The van der Waals surface area contributed by atoms with Gasteiger partial charge in [0.25, 0.3) is 5.91 Å². The van der Waals surface area contributed by atoms with Crippen molar-refractivity contribution < 1.29 is 14.4 Å². The number of rotatable bonds is 7. The minimum Gasteiger partial charge on any atom is -0.358 e. The summed E-state index contributed by atoms with van der Waals surface area (Å²) in [6.07, 6.45) is 0.228. The predicted molar refractivity (Wildman–Crippen MR) is 113 cm³/mol. The Morgan fingerprint density at radius 2 is 1.48 bits per heavy atom. The lowest BCUT2D eigenvalue weighted by molar-refractivity contribution is -0.121. The smallest absolute Gasteiger partial charge is 0.257 e. The number of hydrazine groups is 1. The maximum absolute atomic E-state index is 12.2. The first kappa shape index (κ1) is 20.7. The van der Waals surface area contributed by atoms with E-state index in [1.807, 2.05) is 0 Å². The fraction of sp³-hybridized carbons (Fsp3) is 0.150. The van der Waals surface area contributed by atoms with Crippen LogP contribution < -0.4 is 21.5 Å². The summed E-state index contributed by atoms with van der Waals surface area (Å²) < 4.78 is 0. The van der Waals surface area contributed by atoms with Gasteiger partial charge in [0.15, 0.2) is 5.78 Å². The molecule has 0 atom stereocenters. The van der Waals surface area contributed by atoms with Gasteiger partial charge in [0.2, 0.25) is 5.91 Å². The number of amides is 2. The normalized spacial score (nSPS) is 15.0. The van der Waals surface area contributed by atoms with Gasteiger partial charge in [-0.15, -0.1) is 0 Å². The van der Waals surface area contributed by atoms with Crippen LogP contribution in [0.3, 0.4) is 0 Å². The van der Waals surface area contributed by atoms with Gasteiger partial charge in [-0.3, -0.25) is 25.2 Å². The Bertz CT molecular complexity index is 939. The van der Waals surface area contributed by atoms with Crippen molar-refractivity contribution in [2.75, 3.05) is 17.3 Å². The molecule has 1 fully saturated rings. The highest BCUT2D eigenvalue weighted by Crippen LogP contribution is 2.21. The minimum absolute atomic E-state index is 0.0402. The molecular formula is C20H18Cl2N4O3. The fourth-order valence-corrected chi connectivity index (χ4v) is 2.95. The number of anilines is 2. The van der Waals surface area contributed by atoms with Gasteiger partial charge in [0.05, 0.1) is 12.2 Å². The molecule has 3 rings (SSSR count). The third-order valence-corrected chi connectivity index (χ3v) is 4.65. The topological polar surface area (TPSA) is 99.3 Å². The van der Waals surface area contributed by atoms with Crippen LogP contribution in [0.1, 0.15) is 12.8 Å². The lowest BCUT2D eigenvalue weighted by atomic mass is 10.1. The molecule has 1 heterocycles. The number of hydrogen-bond acceptors (Lipinski definition) is 5. The summed E-state index contributed by atoms with van der Waals surface area (Å²) in [6, 6.07) is 13.7. The van der Waals surface area contributed by atoms with E-state index in [1.54, 1.807) is 48.5 Å². The Balaban J connectivity index is 1.66. The van der Waals surface area contributed by atoms with Crippen molar-refractivity contribution in [2.45, 2.75) is 12.8 Å². The summed E-state index contributed by atoms with van der Waals surface area (Å²) in [6.45, 7) is -0.0513. The average Bonchev–Trinajstić information content (AvgIpc) is 3.04. The zero-order valence-electron chi connectivity index (χ0n) is 15.2. The largest absolute Gasteiger partial charge is 0.358 e. The van der Waals surface area contributed by atoms with Gasteiger partial charge in [0, 0.05) is 27.9 Å². The van der Waals surface area contributed by atoms with E-state index in [2.05, 4.69) is 21.5 Å². The number of benzene rings is 2. The molecule has 0 aliphatic carbocycles. The molecule has 0 saturated carbocycles. The van der Waals surface area contributed by atoms with E-state index in [0.29, 0.717) is 27.1 Å². The molecule has 1 saturated heterocycles. The fourth-order valence-electron chi connectivity index (χ4n) is 2.70. The van der Waals surface area contributed by atoms with E-state index in [4.69, 9.17) is 23.2 Å². The van der Waals surface area contributed by atoms with E-state index in [0.717, 1.165) is 0 Å². The number of hydrogen-bond donors (Lipinski definition) is 4. The second-order valence-corrected chi connectivity index (χ2v) is 7.14. The Morgan fingerprint density at radius 3 is 2.03 bits per heavy atom. The van der Waals surface area contributed by atoms with Crippen molar-refractivity contribution in [1.82, 2.24) is 10.7 Å². The van der Waals surface area contributed by atoms with Crippen molar-refractivity contribution in [3.8, 4) is 0 Å². The van der Waals surface area contributed by atoms with Crippen LogP contribution in [-0.4, -0.2) is 24.1 Å². The maximum Gasteiger partial charge on any atom is 0.257 e. The molecule has 4 N–H and O–H groups in total. The second kappa shape index (κ2) is 9.45. The molecule has 0 radical (unpaired) electrons. The summed E-state index contributed by atoms with van der Waals surface area (Å²) >= 11 is 11.7. The Hall–Kier alpha value is -3.03. The molecule has 0 spiro atoms. The van der Waals surface area contributed by atoms with Crippen LogP contribution in [0.25, 0.3) is 0 Å². The number of Topliss-reactive ketones (excluding diaryl/α,β-unsaturated/α-hetero) is 1. The standard InChI is InChI=1S/C20H18Cl2N4O3/c21-12-1-5-14(6-2-12)24-16(19-17(27)11-23-20(19)29)9-10-18(28)26-25-15-7-3-13(22)4-8-15/h1-8,24-25H,9-11H2,(H,23,29)(H,26,28). The number of allylic oxidation sites excluding steroid dienone is 1. The highest BCUT2D eigenvalue weighted by molar-refractivity contribution is 6.31. The molecule has 150 valence electrons. The van der Waals surface area contributed by atoms with Crippen LogP contribution in [0.2, 0.25) is 10.0 Å². The van der Waals surface area contributed by atoms with Crippen LogP contribution in [0, 0.1) is 0 Å². The second-order valence-electron chi connectivity index (χ2n) is 6.27.